The van der Waals surface area contributed by atoms with Crippen LogP contribution in [0.5, 0.6) is 0 Å². The summed E-state index contributed by atoms with van der Waals surface area (Å²) < 4.78 is 26.6. The third-order valence-corrected chi connectivity index (χ3v) is 3.96. The maximum absolute atomic E-state index is 13.5. The molecule has 0 unspecified atom stereocenters. The predicted octanol–water partition coefficient (Wildman–Crippen LogP) is 3.49. The largest absolute Gasteiger partial charge is 0.309 e. The van der Waals surface area contributed by atoms with Crippen LogP contribution in [0.25, 0.3) is 10.9 Å². The Kier molecular flexibility index (Phi) is 3.70. The van der Waals surface area contributed by atoms with Gasteiger partial charge in [-0.15, -0.1) is 11.8 Å². The first-order chi connectivity index (χ1) is 10.1. The van der Waals surface area contributed by atoms with Crippen LogP contribution in [0.4, 0.5) is 8.78 Å². The first-order valence-corrected chi connectivity index (χ1v) is 7.18. The highest BCUT2D eigenvalue weighted by atomic mass is 32.2. The molecule has 106 valence electrons. The summed E-state index contributed by atoms with van der Waals surface area (Å²) in [7, 11) is 0. The van der Waals surface area contributed by atoms with Crippen LogP contribution in [0.3, 0.4) is 0 Å². The third-order valence-electron chi connectivity index (χ3n) is 2.92. The minimum atomic E-state index is -0.501. The van der Waals surface area contributed by atoms with Crippen molar-refractivity contribution in [3.05, 3.63) is 70.3 Å². The molecular formula is C15H10F2N2OS. The normalized spacial score (nSPS) is 11.0. The van der Waals surface area contributed by atoms with E-state index in [1.165, 1.54) is 0 Å². The van der Waals surface area contributed by atoms with Crippen LogP contribution in [0, 0.1) is 11.6 Å². The van der Waals surface area contributed by atoms with Gasteiger partial charge in [-0.3, -0.25) is 4.79 Å². The lowest BCUT2D eigenvalue weighted by Gasteiger charge is -2.04. The molecule has 3 rings (SSSR count). The van der Waals surface area contributed by atoms with Crippen molar-refractivity contribution < 1.29 is 8.78 Å². The molecule has 0 spiro atoms. The lowest BCUT2D eigenvalue weighted by atomic mass is 10.2. The number of para-hydroxylation sites is 1. The SMILES string of the molecule is O=c1[nH]c(CSc2cc(F)ccc2F)nc2ccccc12. The number of thioether (sulfide) groups is 1. The van der Waals surface area contributed by atoms with Crippen molar-refractivity contribution in [1.82, 2.24) is 9.97 Å². The van der Waals surface area contributed by atoms with Crippen molar-refractivity contribution in [2.24, 2.45) is 0 Å². The minimum Gasteiger partial charge on any atom is -0.309 e. The molecule has 2 aromatic carbocycles. The molecule has 0 aliphatic carbocycles. The van der Waals surface area contributed by atoms with E-state index >= 15 is 0 Å². The molecule has 1 aromatic heterocycles. The molecule has 3 aromatic rings. The molecule has 3 nitrogen and oxygen atoms in total. The van der Waals surface area contributed by atoms with E-state index in [1.54, 1.807) is 24.3 Å². The predicted molar refractivity (Wildman–Crippen MR) is 78.3 cm³/mol. The van der Waals surface area contributed by atoms with E-state index in [0.717, 1.165) is 30.0 Å². The third kappa shape index (κ3) is 2.95. The Bertz CT molecular complexity index is 864. The number of rotatable bonds is 3. The quantitative estimate of drug-likeness (QED) is 0.753. The zero-order valence-corrected chi connectivity index (χ0v) is 11.6. The van der Waals surface area contributed by atoms with Crippen LogP contribution in [-0.2, 0) is 5.75 Å². The zero-order chi connectivity index (χ0) is 14.8. The molecule has 0 radical (unpaired) electrons. The van der Waals surface area contributed by atoms with Crippen molar-refractivity contribution in [2.45, 2.75) is 10.6 Å². The molecule has 0 saturated heterocycles. The maximum Gasteiger partial charge on any atom is 0.258 e. The number of aromatic amines is 1. The fraction of sp³-hybridized carbons (Fsp3) is 0.0667. The summed E-state index contributed by atoms with van der Waals surface area (Å²) in [6.07, 6.45) is 0. The molecule has 0 saturated carbocycles. The highest BCUT2D eigenvalue weighted by Gasteiger charge is 2.07. The molecule has 0 atom stereocenters. The second-order valence-corrected chi connectivity index (χ2v) is 5.41. The lowest BCUT2D eigenvalue weighted by molar-refractivity contribution is 0.577. The average molecular weight is 304 g/mol. The number of hydrogen-bond donors (Lipinski definition) is 1. The number of H-pyrrole nitrogens is 1. The summed E-state index contributed by atoms with van der Waals surface area (Å²) >= 11 is 1.08. The van der Waals surface area contributed by atoms with Crippen molar-refractivity contribution in [3.63, 3.8) is 0 Å². The van der Waals surface area contributed by atoms with Gasteiger partial charge in [0.05, 0.1) is 16.7 Å². The number of nitrogens with zero attached hydrogens (tertiary/aromatic N) is 1. The fourth-order valence-electron chi connectivity index (χ4n) is 1.94. The number of nitrogens with one attached hydrogen (secondary N) is 1. The maximum atomic E-state index is 13.5. The van der Waals surface area contributed by atoms with Gasteiger partial charge in [0.1, 0.15) is 17.5 Å². The smallest absolute Gasteiger partial charge is 0.258 e. The van der Waals surface area contributed by atoms with E-state index in [1.807, 2.05) is 0 Å². The van der Waals surface area contributed by atoms with Crippen molar-refractivity contribution in [1.29, 1.82) is 0 Å². The summed E-state index contributed by atoms with van der Waals surface area (Å²) in [5.41, 5.74) is 0.340. The van der Waals surface area contributed by atoms with Gasteiger partial charge < -0.3 is 4.98 Å². The Morgan fingerprint density at radius 2 is 1.95 bits per heavy atom. The zero-order valence-electron chi connectivity index (χ0n) is 10.8. The number of hydrogen-bond acceptors (Lipinski definition) is 3. The second-order valence-electron chi connectivity index (χ2n) is 4.39. The Hall–Kier alpha value is -2.21. The van der Waals surface area contributed by atoms with E-state index in [-0.39, 0.29) is 16.2 Å². The standard InChI is InChI=1S/C15H10F2N2OS/c16-9-5-6-11(17)13(7-9)21-8-14-18-12-4-2-1-3-10(12)15(20)19-14/h1-7H,8H2,(H,18,19,20). The molecule has 1 heterocycles. The molecule has 0 fully saturated rings. The summed E-state index contributed by atoms with van der Waals surface area (Å²) in [6, 6.07) is 10.2. The van der Waals surface area contributed by atoms with Crippen molar-refractivity contribution in [2.75, 3.05) is 0 Å². The van der Waals surface area contributed by atoms with E-state index in [9.17, 15) is 13.6 Å². The summed E-state index contributed by atoms with van der Waals surface area (Å²) in [6.45, 7) is 0. The highest BCUT2D eigenvalue weighted by molar-refractivity contribution is 7.98. The molecule has 0 amide bonds. The first kappa shape index (κ1) is 13.8. The van der Waals surface area contributed by atoms with Gasteiger partial charge >= 0.3 is 0 Å². The van der Waals surface area contributed by atoms with Crippen molar-refractivity contribution >= 4 is 22.7 Å². The van der Waals surface area contributed by atoms with Crippen LogP contribution < -0.4 is 5.56 Å². The van der Waals surface area contributed by atoms with Gasteiger partial charge in [-0.25, -0.2) is 13.8 Å². The fourth-order valence-corrected chi connectivity index (χ4v) is 2.77. The Morgan fingerprint density at radius 1 is 1.14 bits per heavy atom. The summed E-state index contributed by atoms with van der Waals surface area (Å²) in [5, 5.41) is 0.503. The van der Waals surface area contributed by atoms with E-state index in [2.05, 4.69) is 9.97 Å². The molecule has 6 heteroatoms. The number of aromatic nitrogens is 2. The summed E-state index contributed by atoms with van der Waals surface area (Å²) in [4.78, 5) is 19.0. The number of halogens is 2. The summed E-state index contributed by atoms with van der Waals surface area (Å²) in [5.74, 6) is -0.323. The monoisotopic (exact) mass is 304 g/mol. The topological polar surface area (TPSA) is 45.8 Å². The molecular weight excluding hydrogens is 294 g/mol. The van der Waals surface area contributed by atoms with Crippen LogP contribution in [-0.4, -0.2) is 9.97 Å². The van der Waals surface area contributed by atoms with E-state index < -0.39 is 11.6 Å². The number of benzene rings is 2. The van der Waals surface area contributed by atoms with Crippen molar-refractivity contribution in [3.8, 4) is 0 Å². The molecule has 1 N–H and O–H groups in total. The van der Waals surface area contributed by atoms with E-state index in [0.29, 0.717) is 16.7 Å². The van der Waals surface area contributed by atoms with Crippen LogP contribution >= 0.6 is 11.8 Å². The van der Waals surface area contributed by atoms with Crippen LogP contribution in [0.15, 0.2) is 52.2 Å². The molecule has 0 aliphatic heterocycles. The van der Waals surface area contributed by atoms with Gasteiger partial charge in [-0.2, -0.15) is 0 Å². The Balaban J connectivity index is 1.88. The molecule has 0 aliphatic rings. The Morgan fingerprint density at radius 3 is 2.81 bits per heavy atom. The second kappa shape index (κ2) is 5.65. The highest BCUT2D eigenvalue weighted by Crippen LogP contribution is 2.25. The number of fused-ring (bicyclic) bond motifs is 1. The molecule has 21 heavy (non-hydrogen) atoms. The Labute approximate surface area is 123 Å². The van der Waals surface area contributed by atoms with Gasteiger partial charge in [0.15, 0.2) is 0 Å². The van der Waals surface area contributed by atoms with Gasteiger partial charge in [0.25, 0.3) is 5.56 Å². The lowest BCUT2D eigenvalue weighted by Crippen LogP contribution is -2.11. The minimum absolute atomic E-state index is 0.186. The van der Waals surface area contributed by atoms with Gasteiger partial charge in [0, 0.05) is 4.90 Å². The molecule has 0 bridgehead atoms. The first-order valence-electron chi connectivity index (χ1n) is 6.19. The van der Waals surface area contributed by atoms with Crippen LogP contribution in [0.2, 0.25) is 0 Å². The van der Waals surface area contributed by atoms with Gasteiger partial charge in [-0.1, -0.05) is 12.1 Å². The average Bonchev–Trinajstić information content (AvgIpc) is 2.48. The van der Waals surface area contributed by atoms with Crippen LogP contribution in [0.1, 0.15) is 5.82 Å². The van der Waals surface area contributed by atoms with Gasteiger partial charge in [0.2, 0.25) is 0 Å². The van der Waals surface area contributed by atoms with Gasteiger partial charge in [-0.05, 0) is 30.3 Å². The van der Waals surface area contributed by atoms with E-state index in [4.69, 9.17) is 0 Å².